The van der Waals surface area contributed by atoms with Crippen LogP contribution in [0.25, 0.3) is 0 Å². The molecular weight excluding hydrogens is 168 g/mol. The summed E-state index contributed by atoms with van der Waals surface area (Å²) in [5.41, 5.74) is 1.13. The lowest BCUT2D eigenvalue weighted by Crippen LogP contribution is -2.14. The second-order valence-electron chi connectivity index (χ2n) is 2.71. The number of aliphatic imine (C=N–C) groups is 1. The molecule has 0 radical (unpaired) electrons. The summed E-state index contributed by atoms with van der Waals surface area (Å²) in [7, 11) is 1.53. The fourth-order valence-corrected chi connectivity index (χ4v) is 1.13. The molecule has 0 aromatic carbocycles. The highest BCUT2D eigenvalue weighted by Gasteiger charge is 2.07. The van der Waals surface area contributed by atoms with Gasteiger partial charge in [-0.05, 0) is 19.7 Å². The van der Waals surface area contributed by atoms with Gasteiger partial charge in [-0.3, -0.25) is 9.79 Å². The van der Waals surface area contributed by atoms with Crippen molar-refractivity contribution >= 4 is 6.72 Å². The van der Waals surface area contributed by atoms with Crippen LogP contribution in [-0.2, 0) is 6.54 Å². The lowest BCUT2D eigenvalue weighted by molar-refractivity contribution is 0.408. The van der Waals surface area contributed by atoms with Crippen molar-refractivity contribution in [2.45, 2.75) is 13.5 Å². The summed E-state index contributed by atoms with van der Waals surface area (Å²) in [5, 5.41) is 0. The minimum atomic E-state index is -0.163. The standard InChI is InChI=1S/C9H12N2O2/c1-6-4-8(13-3)7(5-10-2)9(12)11-6/h4H,2,5H2,1,3H3,(H,11,12). The highest BCUT2D eigenvalue weighted by Crippen LogP contribution is 2.14. The molecule has 0 aliphatic carbocycles. The second-order valence-corrected chi connectivity index (χ2v) is 2.71. The quantitative estimate of drug-likeness (QED) is 0.702. The molecule has 1 aromatic rings. The maximum Gasteiger partial charge on any atom is 0.256 e. The van der Waals surface area contributed by atoms with Gasteiger partial charge in [-0.15, -0.1) is 0 Å². The summed E-state index contributed by atoms with van der Waals surface area (Å²) in [6.45, 7) is 5.41. The topological polar surface area (TPSA) is 54.4 Å². The van der Waals surface area contributed by atoms with Crippen LogP contribution in [0.2, 0.25) is 0 Å². The van der Waals surface area contributed by atoms with Crippen molar-refractivity contribution in [2.75, 3.05) is 7.11 Å². The zero-order valence-electron chi connectivity index (χ0n) is 7.76. The molecule has 0 aliphatic rings. The van der Waals surface area contributed by atoms with Gasteiger partial charge in [-0.1, -0.05) is 0 Å². The summed E-state index contributed by atoms with van der Waals surface area (Å²) in [4.78, 5) is 17.7. The van der Waals surface area contributed by atoms with Crippen molar-refractivity contribution in [2.24, 2.45) is 4.99 Å². The number of hydrogen-bond acceptors (Lipinski definition) is 3. The third kappa shape index (κ3) is 1.96. The van der Waals surface area contributed by atoms with E-state index in [1.807, 2.05) is 0 Å². The molecule has 4 nitrogen and oxygen atoms in total. The Balaban J connectivity index is 3.29. The number of ether oxygens (including phenoxy) is 1. The number of nitrogens with one attached hydrogen (secondary N) is 1. The van der Waals surface area contributed by atoms with Gasteiger partial charge in [0.2, 0.25) is 0 Å². The number of aromatic amines is 1. The molecule has 0 atom stereocenters. The Hall–Kier alpha value is -1.58. The first-order valence-electron chi connectivity index (χ1n) is 3.88. The van der Waals surface area contributed by atoms with Gasteiger partial charge in [0.05, 0.1) is 19.2 Å². The highest BCUT2D eigenvalue weighted by molar-refractivity contribution is 5.34. The lowest BCUT2D eigenvalue weighted by atomic mass is 10.2. The normalized spacial score (nSPS) is 9.69. The Kier molecular flexibility index (Phi) is 2.84. The van der Waals surface area contributed by atoms with Gasteiger partial charge in [-0.25, -0.2) is 0 Å². The van der Waals surface area contributed by atoms with Crippen molar-refractivity contribution in [3.63, 3.8) is 0 Å². The van der Waals surface area contributed by atoms with Crippen LogP contribution in [0.4, 0.5) is 0 Å². The van der Waals surface area contributed by atoms with Crippen LogP contribution in [0.3, 0.4) is 0 Å². The number of methoxy groups -OCH3 is 1. The second kappa shape index (κ2) is 3.89. The molecule has 1 N–H and O–H groups in total. The molecule has 0 aliphatic heterocycles. The molecule has 1 rings (SSSR count). The number of H-pyrrole nitrogens is 1. The number of pyridine rings is 1. The number of aryl methyl sites for hydroxylation is 1. The van der Waals surface area contributed by atoms with Crippen LogP contribution < -0.4 is 10.3 Å². The zero-order chi connectivity index (χ0) is 9.84. The molecular formula is C9H12N2O2. The minimum Gasteiger partial charge on any atom is -0.496 e. The van der Waals surface area contributed by atoms with Gasteiger partial charge < -0.3 is 9.72 Å². The molecule has 1 heterocycles. The first-order valence-corrected chi connectivity index (χ1v) is 3.88. The Morgan fingerprint density at radius 3 is 2.92 bits per heavy atom. The van der Waals surface area contributed by atoms with Crippen LogP contribution in [-0.4, -0.2) is 18.8 Å². The summed E-state index contributed by atoms with van der Waals surface area (Å²) in [5.74, 6) is 0.564. The van der Waals surface area contributed by atoms with E-state index in [2.05, 4.69) is 16.7 Å². The summed E-state index contributed by atoms with van der Waals surface area (Å²) in [6, 6.07) is 1.77. The van der Waals surface area contributed by atoms with Crippen LogP contribution in [0.15, 0.2) is 15.9 Å². The average Bonchev–Trinajstić information content (AvgIpc) is 2.09. The van der Waals surface area contributed by atoms with E-state index < -0.39 is 0 Å². The maximum atomic E-state index is 11.4. The number of hydrogen-bond donors (Lipinski definition) is 1. The fraction of sp³-hybridized carbons (Fsp3) is 0.333. The molecule has 4 heteroatoms. The molecule has 70 valence electrons. The van der Waals surface area contributed by atoms with Gasteiger partial charge in [0.25, 0.3) is 5.56 Å². The zero-order valence-corrected chi connectivity index (χ0v) is 7.76. The summed E-state index contributed by atoms with van der Waals surface area (Å²) < 4.78 is 5.05. The average molecular weight is 180 g/mol. The number of rotatable bonds is 3. The molecule has 0 amide bonds. The van der Waals surface area contributed by atoms with Crippen molar-refractivity contribution in [3.8, 4) is 5.75 Å². The minimum absolute atomic E-state index is 0.163. The van der Waals surface area contributed by atoms with E-state index in [-0.39, 0.29) is 12.1 Å². The van der Waals surface area contributed by atoms with E-state index in [4.69, 9.17) is 4.74 Å². The van der Waals surface area contributed by atoms with Crippen molar-refractivity contribution < 1.29 is 4.74 Å². The van der Waals surface area contributed by atoms with Crippen molar-refractivity contribution in [1.29, 1.82) is 0 Å². The fourth-order valence-electron chi connectivity index (χ4n) is 1.13. The SMILES string of the molecule is C=NCc1c(OC)cc(C)[nH]c1=O. The van der Waals surface area contributed by atoms with E-state index in [1.165, 1.54) is 7.11 Å². The number of aromatic nitrogens is 1. The Bertz CT molecular complexity index is 368. The third-order valence-corrected chi connectivity index (χ3v) is 1.72. The van der Waals surface area contributed by atoms with Gasteiger partial charge in [-0.2, -0.15) is 0 Å². The summed E-state index contributed by atoms with van der Waals surface area (Å²) in [6.07, 6.45) is 0. The largest absolute Gasteiger partial charge is 0.496 e. The Morgan fingerprint density at radius 2 is 2.38 bits per heavy atom. The predicted octanol–water partition coefficient (Wildman–Crippen LogP) is 0.893. The monoisotopic (exact) mass is 180 g/mol. The Labute approximate surface area is 76.3 Å². The van der Waals surface area contributed by atoms with Crippen LogP contribution in [0.1, 0.15) is 11.3 Å². The van der Waals surface area contributed by atoms with E-state index in [9.17, 15) is 4.79 Å². The lowest BCUT2D eigenvalue weighted by Gasteiger charge is -2.05. The van der Waals surface area contributed by atoms with Crippen LogP contribution in [0.5, 0.6) is 5.75 Å². The first kappa shape index (κ1) is 9.51. The van der Waals surface area contributed by atoms with Gasteiger partial charge in [0, 0.05) is 5.69 Å². The van der Waals surface area contributed by atoms with Crippen molar-refractivity contribution in [1.82, 2.24) is 4.98 Å². The molecule has 0 fully saturated rings. The van der Waals surface area contributed by atoms with Crippen LogP contribution in [0, 0.1) is 6.92 Å². The Morgan fingerprint density at radius 1 is 1.69 bits per heavy atom. The van der Waals surface area contributed by atoms with Gasteiger partial charge in [0.1, 0.15) is 5.75 Å². The van der Waals surface area contributed by atoms with E-state index in [0.717, 1.165) is 5.69 Å². The maximum absolute atomic E-state index is 11.4. The van der Waals surface area contributed by atoms with E-state index >= 15 is 0 Å². The molecule has 0 unspecified atom stereocenters. The predicted molar refractivity (Wildman–Crippen MR) is 51.6 cm³/mol. The van der Waals surface area contributed by atoms with E-state index in [1.54, 1.807) is 13.0 Å². The molecule has 0 saturated carbocycles. The van der Waals surface area contributed by atoms with Gasteiger partial charge in [0.15, 0.2) is 0 Å². The third-order valence-electron chi connectivity index (χ3n) is 1.72. The molecule has 0 spiro atoms. The molecule has 1 aromatic heterocycles. The molecule has 0 bridgehead atoms. The number of nitrogens with zero attached hydrogens (tertiary/aromatic N) is 1. The van der Waals surface area contributed by atoms with Crippen LogP contribution >= 0.6 is 0 Å². The molecule has 0 saturated heterocycles. The van der Waals surface area contributed by atoms with E-state index in [0.29, 0.717) is 11.3 Å². The van der Waals surface area contributed by atoms with Crippen molar-refractivity contribution in [3.05, 3.63) is 27.7 Å². The first-order chi connectivity index (χ1) is 6.19. The summed E-state index contributed by atoms with van der Waals surface area (Å²) >= 11 is 0. The molecule has 13 heavy (non-hydrogen) atoms. The smallest absolute Gasteiger partial charge is 0.256 e. The van der Waals surface area contributed by atoms with Gasteiger partial charge >= 0.3 is 0 Å². The highest BCUT2D eigenvalue weighted by atomic mass is 16.5.